The second-order valence-electron chi connectivity index (χ2n) is 5.13. The highest BCUT2D eigenvalue weighted by molar-refractivity contribution is 7.89. The van der Waals surface area contributed by atoms with Gasteiger partial charge in [0.1, 0.15) is 0 Å². The van der Waals surface area contributed by atoms with Gasteiger partial charge in [0.25, 0.3) is 0 Å². The fourth-order valence-corrected chi connectivity index (χ4v) is 2.64. The van der Waals surface area contributed by atoms with Gasteiger partial charge in [-0.15, -0.1) is 0 Å². The average molecular weight is 297 g/mol. The van der Waals surface area contributed by atoms with Crippen LogP contribution in [0.25, 0.3) is 0 Å². The van der Waals surface area contributed by atoms with E-state index in [1.807, 2.05) is 0 Å². The number of rotatable bonds is 5. The van der Waals surface area contributed by atoms with Gasteiger partial charge >= 0.3 is 0 Å². The molecule has 0 heterocycles. The minimum Gasteiger partial charge on any atom is -0.348 e. The summed E-state index contributed by atoms with van der Waals surface area (Å²) in [6, 6.07) is 6.19. The second kappa shape index (κ2) is 5.16. The molecule has 2 rings (SSSR count). The second-order valence-corrected chi connectivity index (χ2v) is 7.02. The molecule has 1 atom stereocenters. The molecule has 1 aliphatic rings. The summed E-state index contributed by atoms with van der Waals surface area (Å²) in [5.74, 6) is -0.188. The van der Waals surface area contributed by atoms with Gasteiger partial charge < -0.3 is 11.1 Å². The number of sulfonamides is 1. The predicted octanol–water partition coefficient (Wildman–Crippen LogP) is 0.263. The van der Waals surface area contributed by atoms with Crippen molar-refractivity contribution in [1.82, 2.24) is 10.0 Å². The molecule has 0 saturated heterocycles. The average Bonchev–Trinajstić information content (AvgIpc) is 3.18. The molecule has 110 valence electrons. The lowest BCUT2D eigenvalue weighted by molar-refractivity contribution is -0.123. The predicted molar refractivity (Wildman–Crippen MR) is 75.4 cm³/mol. The minimum atomic E-state index is -3.49. The fraction of sp³-hybridized carbons (Fsp3) is 0.462. The lowest BCUT2D eigenvalue weighted by Gasteiger charge is -2.18. The minimum absolute atomic E-state index is 0.174. The van der Waals surface area contributed by atoms with Crippen molar-refractivity contribution in [3.63, 3.8) is 0 Å². The Labute approximate surface area is 118 Å². The third-order valence-corrected chi connectivity index (χ3v) is 4.94. The van der Waals surface area contributed by atoms with Crippen LogP contribution < -0.4 is 15.8 Å². The normalized spacial score (nSPS) is 18.4. The van der Waals surface area contributed by atoms with E-state index in [2.05, 4.69) is 10.0 Å². The zero-order chi connectivity index (χ0) is 15.0. The molecular weight excluding hydrogens is 278 g/mol. The number of nitrogens with two attached hydrogens (primary N) is 1. The molecule has 0 radical (unpaired) electrons. The summed E-state index contributed by atoms with van der Waals surface area (Å²) in [4.78, 5) is 12.1. The lowest BCUT2D eigenvalue weighted by atomic mass is 10.1. The van der Waals surface area contributed by atoms with E-state index in [4.69, 9.17) is 5.73 Å². The van der Waals surface area contributed by atoms with E-state index < -0.39 is 15.6 Å². The van der Waals surface area contributed by atoms with Crippen molar-refractivity contribution in [2.75, 3.05) is 7.05 Å². The van der Waals surface area contributed by atoms with Crippen LogP contribution in [-0.4, -0.2) is 26.9 Å². The number of benzene rings is 1. The van der Waals surface area contributed by atoms with Gasteiger partial charge in [0, 0.05) is 0 Å². The van der Waals surface area contributed by atoms with E-state index in [0.29, 0.717) is 12.8 Å². The van der Waals surface area contributed by atoms with Crippen LogP contribution in [0.2, 0.25) is 0 Å². The highest BCUT2D eigenvalue weighted by Crippen LogP contribution is 2.33. The topological polar surface area (TPSA) is 101 Å². The molecule has 4 N–H and O–H groups in total. The molecule has 1 fully saturated rings. The first-order chi connectivity index (χ1) is 9.28. The summed E-state index contributed by atoms with van der Waals surface area (Å²) < 4.78 is 25.8. The number of amides is 1. The first-order valence-electron chi connectivity index (χ1n) is 6.42. The molecule has 1 amide bonds. The van der Waals surface area contributed by atoms with Gasteiger partial charge in [-0.3, -0.25) is 4.79 Å². The van der Waals surface area contributed by atoms with Crippen LogP contribution >= 0.6 is 0 Å². The summed E-state index contributed by atoms with van der Waals surface area (Å²) in [5, 5.41) is 2.82. The van der Waals surface area contributed by atoms with Crippen molar-refractivity contribution < 1.29 is 13.2 Å². The van der Waals surface area contributed by atoms with Crippen molar-refractivity contribution in [3.05, 3.63) is 29.8 Å². The highest BCUT2D eigenvalue weighted by Gasteiger charge is 2.46. The molecule has 1 unspecified atom stereocenters. The molecule has 20 heavy (non-hydrogen) atoms. The smallest absolute Gasteiger partial charge is 0.240 e. The zero-order valence-corrected chi connectivity index (χ0v) is 12.3. The molecule has 0 bridgehead atoms. The van der Waals surface area contributed by atoms with E-state index in [-0.39, 0.29) is 16.8 Å². The third-order valence-electron chi connectivity index (χ3n) is 3.53. The monoisotopic (exact) mass is 297 g/mol. The Morgan fingerprint density at radius 1 is 1.40 bits per heavy atom. The van der Waals surface area contributed by atoms with Crippen LogP contribution in [0, 0.1) is 0 Å². The Bertz CT molecular complexity index is 624. The molecule has 1 saturated carbocycles. The molecular formula is C13H19N3O3S. The van der Waals surface area contributed by atoms with Gasteiger partial charge in [0.05, 0.1) is 16.5 Å². The van der Waals surface area contributed by atoms with Crippen molar-refractivity contribution >= 4 is 15.9 Å². The number of carbonyl (C=O) groups is 1. The molecule has 0 aliphatic heterocycles. The van der Waals surface area contributed by atoms with Crippen LogP contribution in [0.3, 0.4) is 0 Å². The molecule has 7 heteroatoms. The first kappa shape index (κ1) is 15.0. The summed E-state index contributed by atoms with van der Waals surface area (Å²) >= 11 is 0. The van der Waals surface area contributed by atoms with Crippen molar-refractivity contribution in [2.45, 2.75) is 36.2 Å². The maximum Gasteiger partial charge on any atom is 0.240 e. The van der Waals surface area contributed by atoms with Gasteiger partial charge in [-0.2, -0.15) is 0 Å². The largest absolute Gasteiger partial charge is 0.348 e. The van der Waals surface area contributed by atoms with Crippen LogP contribution in [0.4, 0.5) is 0 Å². The SMILES string of the molecule is CNS(=O)(=O)c1cccc(C(C)NC(=O)C2(N)CC2)c1. The summed E-state index contributed by atoms with van der Waals surface area (Å²) in [5.41, 5.74) is 5.81. The number of hydrogen-bond donors (Lipinski definition) is 3. The maximum absolute atomic E-state index is 11.9. The lowest BCUT2D eigenvalue weighted by Crippen LogP contribution is -2.43. The zero-order valence-electron chi connectivity index (χ0n) is 11.5. The molecule has 1 aliphatic carbocycles. The van der Waals surface area contributed by atoms with E-state index in [1.54, 1.807) is 25.1 Å². The third kappa shape index (κ3) is 3.00. The van der Waals surface area contributed by atoms with Crippen LogP contribution in [0.15, 0.2) is 29.2 Å². The Morgan fingerprint density at radius 3 is 2.60 bits per heavy atom. The van der Waals surface area contributed by atoms with Gasteiger partial charge in [0.2, 0.25) is 15.9 Å². The number of hydrogen-bond acceptors (Lipinski definition) is 4. The quantitative estimate of drug-likeness (QED) is 0.725. The van der Waals surface area contributed by atoms with Crippen LogP contribution in [-0.2, 0) is 14.8 Å². The summed E-state index contributed by atoms with van der Waals surface area (Å²) in [7, 11) is -2.13. The first-order valence-corrected chi connectivity index (χ1v) is 7.90. The van der Waals surface area contributed by atoms with Gasteiger partial charge in [-0.05, 0) is 44.5 Å². The van der Waals surface area contributed by atoms with Crippen molar-refractivity contribution in [2.24, 2.45) is 5.73 Å². The number of nitrogens with one attached hydrogen (secondary N) is 2. The highest BCUT2D eigenvalue weighted by atomic mass is 32.2. The Hall–Kier alpha value is -1.44. The molecule has 1 aromatic carbocycles. The van der Waals surface area contributed by atoms with E-state index in [1.165, 1.54) is 13.1 Å². The Morgan fingerprint density at radius 2 is 2.05 bits per heavy atom. The molecule has 1 aromatic rings. The van der Waals surface area contributed by atoms with E-state index in [0.717, 1.165) is 5.56 Å². The molecule has 0 aromatic heterocycles. The maximum atomic E-state index is 11.9. The van der Waals surface area contributed by atoms with Gasteiger partial charge in [-0.1, -0.05) is 12.1 Å². The van der Waals surface area contributed by atoms with E-state index in [9.17, 15) is 13.2 Å². The standard InChI is InChI=1S/C13H19N3O3S/c1-9(16-12(17)13(14)6-7-13)10-4-3-5-11(8-10)20(18,19)15-2/h3-5,8-9,15H,6-7,14H2,1-2H3,(H,16,17). The van der Waals surface area contributed by atoms with Crippen molar-refractivity contribution in [3.8, 4) is 0 Å². The van der Waals surface area contributed by atoms with Crippen LogP contribution in [0.5, 0.6) is 0 Å². The summed E-state index contributed by atoms with van der Waals surface area (Å²) in [6.07, 6.45) is 1.39. The van der Waals surface area contributed by atoms with Gasteiger partial charge in [-0.25, -0.2) is 13.1 Å². The van der Waals surface area contributed by atoms with E-state index >= 15 is 0 Å². The van der Waals surface area contributed by atoms with Crippen molar-refractivity contribution in [1.29, 1.82) is 0 Å². The van der Waals surface area contributed by atoms with Gasteiger partial charge in [0.15, 0.2) is 0 Å². The Kier molecular flexibility index (Phi) is 3.86. The fourth-order valence-electron chi connectivity index (χ4n) is 1.85. The number of carbonyl (C=O) groups excluding carboxylic acids is 1. The summed E-state index contributed by atoms with van der Waals surface area (Å²) in [6.45, 7) is 1.80. The molecule has 0 spiro atoms. The molecule has 6 nitrogen and oxygen atoms in total. The Balaban J connectivity index is 2.16. The van der Waals surface area contributed by atoms with Crippen LogP contribution in [0.1, 0.15) is 31.4 Å².